The lowest BCUT2D eigenvalue weighted by Crippen LogP contribution is -2.03. The fraction of sp³-hybridized carbons (Fsp3) is 0.143. The van der Waals surface area contributed by atoms with Crippen LogP contribution in [0.25, 0.3) is 11.1 Å². The van der Waals surface area contributed by atoms with Gasteiger partial charge in [-0.2, -0.15) is 0 Å². The van der Waals surface area contributed by atoms with Crippen LogP contribution >= 0.6 is 0 Å². The van der Waals surface area contributed by atoms with Gasteiger partial charge in [0.1, 0.15) is 5.69 Å². The third kappa shape index (κ3) is 4.07. The Kier molecular flexibility index (Phi) is 5.29. The largest absolute Gasteiger partial charge is 0.389 e. The van der Waals surface area contributed by atoms with Gasteiger partial charge in [-0.25, -0.2) is 0 Å². The fourth-order valence-corrected chi connectivity index (χ4v) is 2.79. The first-order valence-electron chi connectivity index (χ1n) is 8.39. The number of hydrogen-bond donors (Lipinski definition) is 2. The summed E-state index contributed by atoms with van der Waals surface area (Å²) in [5.41, 5.74) is 4.12. The predicted octanol–water partition coefficient (Wildman–Crippen LogP) is 4.93. The summed E-state index contributed by atoms with van der Waals surface area (Å²) in [6.07, 6.45) is -0.566. The minimum absolute atomic E-state index is 0.0383. The van der Waals surface area contributed by atoms with Crippen molar-refractivity contribution < 1.29 is 10.0 Å². The fourth-order valence-electron chi connectivity index (χ4n) is 2.79. The second-order valence-electron chi connectivity index (χ2n) is 6.13. The van der Waals surface area contributed by atoms with E-state index in [1.165, 1.54) is 6.07 Å². The zero-order valence-electron chi connectivity index (χ0n) is 14.4. The molecule has 0 aromatic heterocycles. The first-order chi connectivity index (χ1) is 12.5. The Hall–Kier alpha value is -3.18. The minimum atomic E-state index is -0.566. The highest BCUT2D eigenvalue weighted by Crippen LogP contribution is 2.32. The number of nitro groups is 1. The van der Waals surface area contributed by atoms with Gasteiger partial charge in [-0.05, 0) is 47.4 Å². The molecule has 2 N–H and O–H groups in total. The zero-order valence-corrected chi connectivity index (χ0v) is 14.4. The number of nitro benzene ring substituents is 1. The molecule has 132 valence electrons. The van der Waals surface area contributed by atoms with Crippen LogP contribution in [-0.2, 0) is 6.54 Å². The molecule has 0 spiro atoms. The quantitative estimate of drug-likeness (QED) is 0.489. The Bertz CT molecular complexity index is 908. The van der Waals surface area contributed by atoms with Crippen LogP contribution in [0.3, 0.4) is 0 Å². The molecule has 0 amide bonds. The number of nitrogens with one attached hydrogen (secondary N) is 1. The third-order valence-electron chi connectivity index (χ3n) is 4.22. The molecule has 5 heteroatoms. The average molecular weight is 348 g/mol. The highest BCUT2D eigenvalue weighted by Gasteiger charge is 2.15. The van der Waals surface area contributed by atoms with Crippen LogP contribution in [0.2, 0.25) is 0 Å². The molecule has 0 radical (unpaired) electrons. The van der Waals surface area contributed by atoms with Crippen molar-refractivity contribution in [1.82, 2.24) is 0 Å². The predicted molar refractivity (Wildman–Crippen MR) is 103 cm³/mol. The van der Waals surface area contributed by atoms with Gasteiger partial charge in [0.2, 0.25) is 0 Å². The molecule has 0 saturated carbocycles. The van der Waals surface area contributed by atoms with E-state index in [1.807, 2.05) is 54.6 Å². The van der Waals surface area contributed by atoms with E-state index < -0.39 is 6.10 Å². The summed E-state index contributed by atoms with van der Waals surface area (Å²) in [6.45, 7) is 2.21. The monoisotopic (exact) mass is 348 g/mol. The molecule has 26 heavy (non-hydrogen) atoms. The molecule has 0 heterocycles. The highest BCUT2D eigenvalue weighted by molar-refractivity contribution is 5.74. The number of anilines is 1. The van der Waals surface area contributed by atoms with E-state index in [4.69, 9.17) is 0 Å². The van der Waals surface area contributed by atoms with Gasteiger partial charge < -0.3 is 10.4 Å². The Balaban J connectivity index is 1.93. The van der Waals surface area contributed by atoms with E-state index in [0.717, 1.165) is 22.3 Å². The Morgan fingerprint density at radius 2 is 1.73 bits per heavy atom. The lowest BCUT2D eigenvalue weighted by atomic mass is 10.00. The standard InChI is InChI=1S/C21H20N2O3/c1-15(24)17-8-5-9-18(12-17)19-10-11-21(23(25)26)20(13-19)22-14-16-6-3-2-4-7-16/h2-13,15,22,24H,14H2,1H3. The van der Waals surface area contributed by atoms with Gasteiger partial charge in [-0.3, -0.25) is 10.1 Å². The van der Waals surface area contributed by atoms with Crippen LogP contribution in [0.1, 0.15) is 24.2 Å². The van der Waals surface area contributed by atoms with E-state index in [-0.39, 0.29) is 10.6 Å². The van der Waals surface area contributed by atoms with Gasteiger partial charge in [-0.15, -0.1) is 0 Å². The molecule has 0 aliphatic heterocycles. The Morgan fingerprint density at radius 3 is 2.42 bits per heavy atom. The maximum Gasteiger partial charge on any atom is 0.292 e. The van der Waals surface area contributed by atoms with Crippen LogP contribution < -0.4 is 5.32 Å². The van der Waals surface area contributed by atoms with Crippen LogP contribution in [0.15, 0.2) is 72.8 Å². The second kappa shape index (κ2) is 7.80. The van der Waals surface area contributed by atoms with Crippen LogP contribution in [0.5, 0.6) is 0 Å². The minimum Gasteiger partial charge on any atom is -0.389 e. The maximum absolute atomic E-state index is 11.4. The van der Waals surface area contributed by atoms with Crippen molar-refractivity contribution in [2.45, 2.75) is 19.6 Å². The normalized spacial score (nSPS) is 11.8. The Morgan fingerprint density at radius 1 is 1.00 bits per heavy atom. The molecule has 0 aliphatic carbocycles. The maximum atomic E-state index is 11.4. The Labute approximate surface area is 152 Å². The molecule has 3 aromatic carbocycles. The van der Waals surface area contributed by atoms with Gasteiger partial charge in [-0.1, -0.05) is 48.5 Å². The SMILES string of the molecule is CC(O)c1cccc(-c2ccc([N+](=O)[O-])c(NCc3ccccc3)c2)c1. The van der Waals surface area contributed by atoms with Gasteiger partial charge >= 0.3 is 0 Å². The van der Waals surface area contributed by atoms with Gasteiger partial charge in [0, 0.05) is 12.6 Å². The number of nitrogens with zero attached hydrogens (tertiary/aromatic N) is 1. The number of hydrogen-bond acceptors (Lipinski definition) is 4. The topological polar surface area (TPSA) is 75.4 Å². The molecule has 1 unspecified atom stereocenters. The van der Waals surface area contributed by atoms with Crippen LogP contribution in [0.4, 0.5) is 11.4 Å². The summed E-state index contributed by atoms with van der Waals surface area (Å²) in [4.78, 5) is 11.0. The average Bonchev–Trinajstić information content (AvgIpc) is 2.67. The molecule has 0 bridgehead atoms. The third-order valence-corrected chi connectivity index (χ3v) is 4.22. The molecule has 3 aromatic rings. The van der Waals surface area contributed by atoms with E-state index in [2.05, 4.69) is 5.32 Å². The van der Waals surface area contributed by atoms with Crippen molar-refractivity contribution in [3.63, 3.8) is 0 Å². The number of rotatable bonds is 6. The molecule has 3 rings (SSSR count). The summed E-state index contributed by atoms with van der Waals surface area (Å²) < 4.78 is 0. The van der Waals surface area contributed by atoms with Gasteiger partial charge in [0.15, 0.2) is 0 Å². The van der Waals surface area contributed by atoms with Gasteiger partial charge in [0.25, 0.3) is 5.69 Å². The number of aliphatic hydroxyl groups excluding tert-OH is 1. The van der Waals surface area contributed by atoms with E-state index >= 15 is 0 Å². The number of aliphatic hydroxyl groups is 1. The van der Waals surface area contributed by atoms with Crippen LogP contribution in [-0.4, -0.2) is 10.0 Å². The molecular formula is C21H20N2O3. The van der Waals surface area contributed by atoms with Gasteiger partial charge in [0.05, 0.1) is 11.0 Å². The van der Waals surface area contributed by atoms with Crippen molar-refractivity contribution in [1.29, 1.82) is 0 Å². The van der Waals surface area contributed by atoms with Crippen molar-refractivity contribution in [3.8, 4) is 11.1 Å². The summed E-state index contributed by atoms with van der Waals surface area (Å²) in [6, 6.07) is 22.3. The van der Waals surface area contributed by atoms with Crippen molar-refractivity contribution in [3.05, 3.63) is 94.0 Å². The summed E-state index contributed by atoms with van der Waals surface area (Å²) >= 11 is 0. The highest BCUT2D eigenvalue weighted by atomic mass is 16.6. The number of benzene rings is 3. The van der Waals surface area contributed by atoms with Crippen molar-refractivity contribution >= 4 is 11.4 Å². The molecule has 5 nitrogen and oxygen atoms in total. The summed E-state index contributed by atoms with van der Waals surface area (Å²) in [7, 11) is 0. The molecule has 0 fully saturated rings. The summed E-state index contributed by atoms with van der Waals surface area (Å²) in [5, 5.41) is 24.3. The second-order valence-corrected chi connectivity index (χ2v) is 6.13. The van der Waals surface area contributed by atoms with E-state index in [0.29, 0.717) is 12.2 Å². The van der Waals surface area contributed by atoms with E-state index in [9.17, 15) is 15.2 Å². The van der Waals surface area contributed by atoms with E-state index in [1.54, 1.807) is 19.1 Å². The molecule has 0 aliphatic rings. The first kappa shape index (κ1) is 17.6. The smallest absolute Gasteiger partial charge is 0.292 e. The molecule has 0 saturated heterocycles. The summed E-state index contributed by atoms with van der Waals surface area (Å²) in [5.74, 6) is 0. The van der Waals surface area contributed by atoms with Crippen LogP contribution in [0, 0.1) is 10.1 Å². The lowest BCUT2D eigenvalue weighted by Gasteiger charge is -2.11. The first-order valence-corrected chi connectivity index (χ1v) is 8.39. The van der Waals surface area contributed by atoms with Crippen molar-refractivity contribution in [2.24, 2.45) is 0 Å². The van der Waals surface area contributed by atoms with Crippen molar-refractivity contribution in [2.75, 3.05) is 5.32 Å². The zero-order chi connectivity index (χ0) is 18.5. The molecule has 1 atom stereocenters. The lowest BCUT2D eigenvalue weighted by molar-refractivity contribution is -0.384. The molecular weight excluding hydrogens is 328 g/mol.